The van der Waals surface area contributed by atoms with Crippen LogP contribution < -0.4 is 5.32 Å². The van der Waals surface area contributed by atoms with Crippen LogP contribution in [0.2, 0.25) is 0 Å². The van der Waals surface area contributed by atoms with Gasteiger partial charge in [0.25, 0.3) is 0 Å². The van der Waals surface area contributed by atoms with Gasteiger partial charge in [-0.15, -0.1) is 0 Å². The molecule has 4 heteroatoms. The van der Waals surface area contributed by atoms with E-state index in [0.717, 1.165) is 24.2 Å². The summed E-state index contributed by atoms with van der Waals surface area (Å²) in [7, 11) is 0. The van der Waals surface area contributed by atoms with Gasteiger partial charge in [0.1, 0.15) is 0 Å². The second kappa shape index (κ2) is 5.29. The van der Waals surface area contributed by atoms with Crippen LogP contribution in [0.25, 0.3) is 0 Å². The van der Waals surface area contributed by atoms with Crippen molar-refractivity contribution in [2.45, 2.75) is 19.4 Å². The highest BCUT2D eigenvalue weighted by Gasteiger charge is 2.21. The van der Waals surface area contributed by atoms with Gasteiger partial charge in [-0.3, -0.25) is 9.69 Å². The Bertz CT molecular complexity index is 406. The van der Waals surface area contributed by atoms with Gasteiger partial charge in [0, 0.05) is 18.8 Å². The number of para-hydroxylation sites is 1. The number of benzene rings is 1. The molecule has 1 atom stereocenters. The van der Waals surface area contributed by atoms with Crippen LogP contribution in [0.4, 0.5) is 5.69 Å². The molecule has 4 nitrogen and oxygen atoms in total. The Morgan fingerprint density at radius 3 is 2.94 bits per heavy atom. The molecule has 2 rings (SSSR count). The Morgan fingerprint density at radius 1 is 1.53 bits per heavy atom. The van der Waals surface area contributed by atoms with E-state index >= 15 is 0 Å². The van der Waals surface area contributed by atoms with Gasteiger partial charge in [-0.2, -0.15) is 0 Å². The summed E-state index contributed by atoms with van der Waals surface area (Å²) in [5, 5.41) is 12.3. The van der Waals surface area contributed by atoms with Crippen molar-refractivity contribution in [3.63, 3.8) is 0 Å². The molecule has 1 unspecified atom stereocenters. The van der Waals surface area contributed by atoms with Crippen LogP contribution in [0.1, 0.15) is 12.0 Å². The average molecular weight is 234 g/mol. The van der Waals surface area contributed by atoms with Crippen LogP contribution >= 0.6 is 0 Å². The van der Waals surface area contributed by atoms with E-state index in [1.807, 2.05) is 36.1 Å². The summed E-state index contributed by atoms with van der Waals surface area (Å²) in [5.74, 6) is -0.0200. The van der Waals surface area contributed by atoms with Crippen LogP contribution in [0.3, 0.4) is 0 Å². The number of anilines is 1. The Kier molecular flexibility index (Phi) is 3.76. The quantitative estimate of drug-likeness (QED) is 0.820. The molecule has 1 amide bonds. The Morgan fingerprint density at radius 2 is 2.29 bits per heavy atom. The summed E-state index contributed by atoms with van der Waals surface area (Å²) in [6.07, 6.45) is 0.485. The number of carbonyl (C=O) groups is 1. The molecule has 1 saturated heterocycles. The highest BCUT2D eigenvalue weighted by Crippen LogP contribution is 2.13. The van der Waals surface area contributed by atoms with Gasteiger partial charge in [0.05, 0.1) is 12.6 Å². The molecule has 0 aromatic heterocycles. The van der Waals surface area contributed by atoms with Gasteiger partial charge >= 0.3 is 0 Å². The monoisotopic (exact) mass is 234 g/mol. The summed E-state index contributed by atoms with van der Waals surface area (Å²) in [5.41, 5.74) is 1.92. The Labute approximate surface area is 101 Å². The maximum absolute atomic E-state index is 11.8. The predicted molar refractivity (Wildman–Crippen MR) is 66.9 cm³/mol. The van der Waals surface area contributed by atoms with Gasteiger partial charge in [0.2, 0.25) is 5.91 Å². The van der Waals surface area contributed by atoms with Gasteiger partial charge in [-0.1, -0.05) is 18.2 Å². The van der Waals surface area contributed by atoms with Crippen molar-refractivity contribution in [1.82, 2.24) is 4.90 Å². The second-order valence-electron chi connectivity index (χ2n) is 4.54. The number of likely N-dealkylation sites (tertiary alicyclic amines) is 1. The third-order valence-corrected chi connectivity index (χ3v) is 3.03. The van der Waals surface area contributed by atoms with Crippen LogP contribution in [0.5, 0.6) is 0 Å². The highest BCUT2D eigenvalue weighted by atomic mass is 16.3. The Balaban J connectivity index is 1.87. The fourth-order valence-corrected chi connectivity index (χ4v) is 2.06. The molecule has 1 aromatic rings. The van der Waals surface area contributed by atoms with Crippen molar-refractivity contribution in [2.75, 3.05) is 25.0 Å². The fourth-order valence-electron chi connectivity index (χ4n) is 2.06. The van der Waals surface area contributed by atoms with Gasteiger partial charge in [-0.05, 0) is 25.0 Å². The zero-order valence-electron chi connectivity index (χ0n) is 10.0. The maximum Gasteiger partial charge on any atom is 0.238 e. The van der Waals surface area contributed by atoms with Gasteiger partial charge in [0.15, 0.2) is 0 Å². The minimum atomic E-state index is -0.277. The first-order valence-electron chi connectivity index (χ1n) is 5.91. The number of aliphatic hydroxyl groups excluding tert-OH is 1. The largest absolute Gasteiger partial charge is 0.392 e. The molecule has 1 aliphatic rings. The van der Waals surface area contributed by atoms with E-state index in [2.05, 4.69) is 5.32 Å². The molecule has 0 spiro atoms. The van der Waals surface area contributed by atoms with E-state index in [-0.39, 0.29) is 12.0 Å². The van der Waals surface area contributed by atoms with Crippen molar-refractivity contribution < 1.29 is 9.90 Å². The van der Waals surface area contributed by atoms with E-state index in [4.69, 9.17) is 0 Å². The number of nitrogens with zero attached hydrogens (tertiary/aromatic N) is 1. The zero-order valence-corrected chi connectivity index (χ0v) is 10.0. The van der Waals surface area contributed by atoms with Gasteiger partial charge < -0.3 is 10.4 Å². The van der Waals surface area contributed by atoms with Gasteiger partial charge in [-0.25, -0.2) is 0 Å². The van der Waals surface area contributed by atoms with Crippen molar-refractivity contribution in [2.24, 2.45) is 0 Å². The smallest absolute Gasteiger partial charge is 0.238 e. The van der Waals surface area contributed by atoms with Crippen molar-refractivity contribution in [3.8, 4) is 0 Å². The summed E-state index contributed by atoms with van der Waals surface area (Å²) >= 11 is 0. The van der Waals surface area contributed by atoms with E-state index < -0.39 is 0 Å². The first kappa shape index (κ1) is 12.1. The molecule has 0 bridgehead atoms. The minimum Gasteiger partial charge on any atom is -0.392 e. The molecule has 0 aliphatic carbocycles. The molecule has 17 heavy (non-hydrogen) atoms. The Hall–Kier alpha value is -1.39. The first-order valence-corrected chi connectivity index (χ1v) is 5.91. The van der Waals surface area contributed by atoms with E-state index in [1.165, 1.54) is 0 Å². The molecule has 0 radical (unpaired) electrons. The first-order chi connectivity index (χ1) is 8.15. The lowest BCUT2D eigenvalue weighted by Crippen LogP contribution is -2.32. The maximum atomic E-state index is 11.8. The van der Waals surface area contributed by atoms with Crippen LogP contribution in [0.15, 0.2) is 24.3 Å². The molecular weight excluding hydrogens is 216 g/mol. The van der Waals surface area contributed by atoms with Crippen molar-refractivity contribution >= 4 is 11.6 Å². The number of hydrogen-bond donors (Lipinski definition) is 2. The number of β-amino-alcohol motifs (C(OH)–C–C–N with tert-alkyl or cyclic N) is 1. The summed E-state index contributed by atoms with van der Waals surface area (Å²) < 4.78 is 0. The van der Waals surface area contributed by atoms with E-state index in [9.17, 15) is 9.90 Å². The number of rotatable bonds is 3. The normalized spacial score (nSPS) is 20.5. The predicted octanol–water partition coefficient (Wildman–Crippen LogP) is 1.00. The van der Waals surface area contributed by atoms with Crippen molar-refractivity contribution in [1.29, 1.82) is 0 Å². The average Bonchev–Trinajstić information content (AvgIpc) is 2.67. The lowest BCUT2D eigenvalue weighted by atomic mass is 10.2. The molecule has 2 N–H and O–H groups in total. The third kappa shape index (κ3) is 3.28. The second-order valence-corrected chi connectivity index (χ2v) is 4.54. The molecule has 1 heterocycles. The number of hydrogen-bond acceptors (Lipinski definition) is 3. The molecular formula is C13H18N2O2. The molecule has 1 fully saturated rings. The molecule has 1 aromatic carbocycles. The summed E-state index contributed by atoms with van der Waals surface area (Å²) in [6.45, 7) is 3.71. The molecule has 0 saturated carbocycles. The number of amides is 1. The summed E-state index contributed by atoms with van der Waals surface area (Å²) in [6, 6.07) is 7.71. The van der Waals surface area contributed by atoms with Crippen molar-refractivity contribution in [3.05, 3.63) is 29.8 Å². The molecule has 1 aliphatic heterocycles. The molecule has 92 valence electrons. The van der Waals surface area contributed by atoms with Crippen LogP contribution in [-0.4, -0.2) is 41.7 Å². The van der Waals surface area contributed by atoms with Crippen LogP contribution in [0, 0.1) is 6.92 Å². The lowest BCUT2D eigenvalue weighted by molar-refractivity contribution is -0.117. The van der Waals surface area contributed by atoms with Crippen LogP contribution in [-0.2, 0) is 4.79 Å². The topological polar surface area (TPSA) is 52.6 Å². The SMILES string of the molecule is Cc1ccccc1NC(=O)CN1CCC(O)C1. The zero-order chi connectivity index (χ0) is 12.3. The van der Waals surface area contributed by atoms with E-state index in [1.54, 1.807) is 0 Å². The highest BCUT2D eigenvalue weighted by molar-refractivity contribution is 5.92. The number of aryl methyl sites for hydroxylation is 1. The van der Waals surface area contributed by atoms with E-state index in [0.29, 0.717) is 13.1 Å². The number of carbonyl (C=O) groups excluding carboxylic acids is 1. The summed E-state index contributed by atoms with van der Waals surface area (Å²) in [4.78, 5) is 13.8. The standard InChI is InChI=1S/C13H18N2O2/c1-10-4-2-3-5-12(10)14-13(17)9-15-7-6-11(16)8-15/h2-5,11,16H,6-9H2,1H3,(H,14,17). The third-order valence-electron chi connectivity index (χ3n) is 3.03. The number of nitrogens with one attached hydrogen (secondary N) is 1. The lowest BCUT2D eigenvalue weighted by Gasteiger charge is -2.15. The minimum absolute atomic E-state index is 0.0200. The fraction of sp³-hybridized carbons (Fsp3) is 0.462. The number of aliphatic hydroxyl groups is 1.